The molecule has 2 amide bonds. The van der Waals surface area contributed by atoms with Crippen LogP contribution in [0.5, 0.6) is 0 Å². The minimum atomic E-state index is -1.71. The van der Waals surface area contributed by atoms with Crippen LogP contribution < -0.4 is 5.32 Å². The van der Waals surface area contributed by atoms with Crippen LogP contribution in [0, 0.1) is 17.8 Å². The van der Waals surface area contributed by atoms with E-state index in [4.69, 9.17) is 9.47 Å². The van der Waals surface area contributed by atoms with E-state index in [0.29, 0.717) is 0 Å². The van der Waals surface area contributed by atoms with Gasteiger partial charge in [-0.1, -0.05) is 51.1 Å². The van der Waals surface area contributed by atoms with Crippen LogP contribution >= 0.6 is 11.8 Å². The van der Waals surface area contributed by atoms with Gasteiger partial charge in [0.05, 0.1) is 36.7 Å². The van der Waals surface area contributed by atoms with Gasteiger partial charge in [0, 0.05) is 11.8 Å². The SMILES string of the molecule is CC(C)COC(=O)[C@]12OC(=O)C[C@H]1[C@@H](C)S[C@@H]1[C@H](CNC(=O)Cc3ccccc3)C(=O)N12. The standard InChI is InChI=1S/C23H28N2O6S/c1-13(2)12-30-22(29)23-17(10-19(27)31-23)14(3)32-21-16(20(28)25(21)23)11-24-18(26)9-15-7-5-4-6-8-15/h4-8,13-14,16-17,21H,9-12H2,1-3H3,(H,24,26)/t14-,16-,17+,21-,23-/m1/s1. The number of fused-ring (bicyclic) bond motifs is 3. The van der Waals surface area contributed by atoms with E-state index in [9.17, 15) is 19.2 Å². The maximum absolute atomic E-state index is 13.1. The molecule has 0 unspecified atom stereocenters. The maximum Gasteiger partial charge on any atom is 0.373 e. The van der Waals surface area contributed by atoms with Crippen molar-refractivity contribution < 1.29 is 28.7 Å². The molecule has 0 spiro atoms. The predicted octanol–water partition coefficient (Wildman–Crippen LogP) is 1.72. The van der Waals surface area contributed by atoms with Gasteiger partial charge in [-0.3, -0.25) is 19.3 Å². The van der Waals surface area contributed by atoms with E-state index in [0.717, 1.165) is 5.56 Å². The third kappa shape index (κ3) is 3.87. The summed E-state index contributed by atoms with van der Waals surface area (Å²) >= 11 is 1.54. The minimum absolute atomic E-state index is 0.0694. The summed E-state index contributed by atoms with van der Waals surface area (Å²) < 4.78 is 11.0. The van der Waals surface area contributed by atoms with Crippen LogP contribution in [0.15, 0.2) is 30.3 Å². The maximum atomic E-state index is 13.1. The first-order valence-corrected chi connectivity index (χ1v) is 11.9. The highest BCUT2D eigenvalue weighted by Gasteiger charge is 2.73. The number of rotatable bonds is 7. The first-order chi connectivity index (χ1) is 15.2. The lowest BCUT2D eigenvalue weighted by Crippen LogP contribution is -2.77. The largest absolute Gasteiger partial charge is 0.461 e. The first kappa shape index (κ1) is 22.6. The topological polar surface area (TPSA) is 102 Å². The number of β-lactam (4-membered cyclic amide) rings is 1. The number of nitrogens with one attached hydrogen (secondary N) is 1. The van der Waals surface area contributed by atoms with Crippen molar-refractivity contribution in [2.45, 2.75) is 50.0 Å². The third-order valence-electron chi connectivity index (χ3n) is 6.16. The Hall–Kier alpha value is -2.55. The van der Waals surface area contributed by atoms with E-state index in [1.54, 1.807) is 0 Å². The van der Waals surface area contributed by atoms with Gasteiger partial charge in [-0.05, 0) is 11.5 Å². The molecule has 9 heteroatoms. The molecule has 0 radical (unpaired) electrons. The van der Waals surface area contributed by atoms with Gasteiger partial charge < -0.3 is 14.8 Å². The molecule has 4 rings (SSSR count). The second kappa shape index (κ2) is 8.77. The molecule has 32 heavy (non-hydrogen) atoms. The van der Waals surface area contributed by atoms with E-state index in [-0.39, 0.29) is 54.3 Å². The number of nitrogens with zero attached hydrogens (tertiary/aromatic N) is 1. The summed E-state index contributed by atoms with van der Waals surface area (Å²) in [7, 11) is 0. The van der Waals surface area contributed by atoms with Crippen molar-refractivity contribution in [3.05, 3.63) is 35.9 Å². The van der Waals surface area contributed by atoms with Crippen molar-refractivity contribution in [2.75, 3.05) is 13.2 Å². The summed E-state index contributed by atoms with van der Waals surface area (Å²) in [6.45, 7) is 6.11. The average molecular weight is 461 g/mol. The quantitative estimate of drug-likeness (QED) is 0.488. The number of carbonyl (C=O) groups is 4. The molecule has 0 saturated carbocycles. The normalized spacial score (nSPS) is 30.8. The smallest absolute Gasteiger partial charge is 0.373 e. The highest BCUT2D eigenvalue weighted by molar-refractivity contribution is 8.00. The van der Waals surface area contributed by atoms with Crippen LogP contribution in [0.1, 0.15) is 32.8 Å². The Balaban J connectivity index is 1.47. The number of amides is 2. The van der Waals surface area contributed by atoms with Crippen molar-refractivity contribution in [2.24, 2.45) is 17.8 Å². The summed E-state index contributed by atoms with van der Waals surface area (Å²) in [6.07, 6.45) is 0.296. The molecule has 1 N–H and O–H groups in total. The molecule has 172 valence electrons. The molecule has 8 nitrogen and oxygen atoms in total. The molecule has 3 heterocycles. The lowest BCUT2D eigenvalue weighted by atomic mass is 9.84. The predicted molar refractivity (Wildman–Crippen MR) is 117 cm³/mol. The lowest BCUT2D eigenvalue weighted by molar-refractivity contribution is -0.224. The van der Waals surface area contributed by atoms with Crippen molar-refractivity contribution >= 4 is 35.5 Å². The Morgan fingerprint density at radius 1 is 1.28 bits per heavy atom. The molecule has 0 bridgehead atoms. The molecular weight excluding hydrogens is 432 g/mol. The highest BCUT2D eigenvalue weighted by atomic mass is 32.2. The number of hydrogen-bond acceptors (Lipinski definition) is 7. The number of hydrogen-bond donors (Lipinski definition) is 1. The molecule has 0 aliphatic carbocycles. The fourth-order valence-electron chi connectivity index (χ4n) is 4.56. The number of carbonyl (C=O) groups excluding carboxylic acids is 4. The van der Waals surface area contributed by atoms with Crippen LogP contribution in [0.4, 0.5) is 0 Å². The van der Waals surface area contributed by atoms with Gasteiger partial charge in [-0.25, -0.2) is 4.79 Å². The molecular formula is C23H28N2O6S. The molecule has 3 aliphatic rings. The summed E-state index contributed by atoms with van der Waals surface area (Å²) in [5.41, 5.74) is -0.817. The van der Waals surface area contributed by atoms with Gasteiger partial charge in [0.25, 0.3) is 5.72 Å². The number of esters is 2. The zero-order valence-electron chi connectivity index (χ0n) is 18.4. The third-order valence-corrected chi connectivity index (χ3v) is 7.73. The van der Waals surface area contributed by atoms with Gasteiger partial charge in [0.1, 0.15) is 0 Å². The number of ether oxygens (including phenoxy) is 2. The lowest BCUT2D eigenvalue weighted by Gasteiger charge is -2.58. The molecule has 3 saturated heterocycles. The molecule has 5 atom stereocenters. The van der Waals surface area contributed by atoms with E-state index in [1.165, 1.54) is 16.7 Å². The zero-order valence-corrected chi connectivity index (χ0v) is 19.2. The average Bonchev–Trinajstić information content (AvgIpc) is 3.10. The van der Waals surface area contributed by atoms with Crippen LogP contribution in [-0.4, -0.2) is 58.2 Å². The Morgan fingerprint density at radius 2 is 2.00 bits per heavy atom. The fraction of sp³-hybridized carbons (Fsp3) is 0.565. The van der Waals surface area contributed by atoms with Gasteiger partial charge in [0.2, 0.25) is 11.8 Å². The van der Waals surface area contributed by atoms with Gasteiger partial charge in [-0.15, -0.1) is 11.8 Å². The van der Waals surface area contributed by atoms with Gasteiger partial charge in [-0.2, -0.15) is 0 Å². The Kier molecular flexibility index (Phi) is 6.20. The van der Waals surface area contributed by atoms with Crippen molar-refractivity contribution in [3.63, 3.8) is 0 Å². The molecule has 1 aromatic carbocycles. The van der Waals surface area contributed by atoms with Crippen molar-refractivity contribution in [1.29, 1.82) is 0 Å². The van der Waals surface area contributed by atoms with Crippen LogP contribution in [0.25, 0.3) is 0 Å². The molecule has 1 aromatic rings. The summed E-state index contributed by atoms with van der Waals surface area (Å²) in [6, 6.07) is 9.36. The fourth-order valence-corrected chi connectivity index (χ4v) is 6.26. The van der Waals surface area contributed by atoms with E-state index in [1.807, 2.05) is 51.1 Å². The summed E-state index contributed by atoms with van der Waals surface area (Å²) in [5.74, 6) is -2.51. The Morgan fingerprint density at radius 3 is 2.69 bits per heavy atom. The Bertz CT molecular complexity index is 922. The van der Waals surface area contributed by atoms with E-state index < -0.39 is 29.5 Å². The van der Waals surface area contributed by atoms with Gasteiger partial charge in [0.15, 0.2) is 0 Å². The summed E-state index contributed by atoms with van der Waals surface area (Å²) in [5, 5.41) is 2.37. The monoisotopic (exact) mass is 460 g/mol. The van der Waals surface area contributed by atoms with Crippen LogP contribution in [0.2, 0.25) is 0 Å². The zero-order chi connectivity index (χ0) is 23.0. The van der Waals surface area contributed by atoms with Crippen molar-refractivity contribution in [1.82, 2.24) is 10.2 Å². The molecule has 3 fully saturated rings. The van der Waals surface area contributed by atoms with E-state index in [2.05, 4.69) is 5.32 Å². The van der Waals surface area contributed by atoms with E-state index >= 15 is 0 Å². The number of benzene rings is 1. The second-order valence-corrected chi connectivity index (χ2v) is 10.5. The molecule has 0 aromatic heterocycles. The van der Waals surface area contributed by atoms with Crippen molar-refractivity contribution in [3.8, 4) is 0 Å². The summed E-state index contributed by atoms with van der Waals surface area (Å²) in [4.78, 5) is 52.2. The van der Waals surface area contributed by atoms with Crippen LogP contribution in [0.3, 0.4) is 0 Å². The second-order valence-electron chi connectivity index (χ2n) is 8.99. The van der Waals surface area contributed by atoms with Gasteiger partial charge >= 0.3 is 11.9 Å². The molecule has 3 aliphatic heterocycles. The minimum Gasteiger partial charge on any atom is -0.461 e. The Labute approximate surface area is 191 Å². The number of thioether (sulfide) groups is 1. The van der Waals surface area contributed by atoms with Crippen LogP contribution in [-0.2, 0) is 35.1 Å². The first-order valence-electron chi connectivity index (χ1n) is 10.9. The highest BCUT2D eigenvalue weighted by Crippen LogP contribution is 2.56.